The summed E-state index contributed by atoms with van der Waals surface area (Å²) in [6.45, 7) is 6.74. The van der Waals surface area contributed by atoms with Gasteiger partial charge in [0.05, 0.1) is 23.3 Å². The normalized spacial score (nSPS) is 11.5. The summed E-state index contributed by atoms with van der Waals surface area (Å²) in [5.41, 5.74) is 13.6. The maximum atomic E-state index is 5.46. The van der Waals surface area contributed by atoms with Gasteiger partial charge in [-0.15, -0.1) is 0 Å². The van der Waals surface area contributed by atoms with Gasteiger partial charge in [0, 0.05) is 142 Å². The molecule has 16 nitrogen and oxygen atoms in total. The van der Waals surface area contributed by atoms with Gasteiger partial charge in [0.2, 0.25) is 52.4 Å². The van der Waals surface area contributed by atoms with Gasteiger partial charge in [-0.1, -0.05) is 72.8 Å². The Bertz CT molecular complexity index is 5220. The van der Waals surface area contributed by atoms with Crippen LogP contribution >= 0.6 is 0 Å². The third-order valence-electron chi connectivity index (χ3n) is 18.2. The fraction of sp³-hybridized carbons (Fsp3) is 0.100. The van der Waals surface area contributed by atoms with Crippen molar-refractivity contribution in [2.24, 2.45) is 0 Å². The molecule has 0 atom stereocenters. The molecule has 0 unspecified atom stereocenters. The number of nitrogens with zero attached hydrogens (tertiary/aromatic N) is 16. The van der Waals surface area contributed by atoms with Crippen molar-refractivity contribution in [2.45, 2.75) is 52.4 Å². The minimum absolute atomic E-state index is 0. The van der Waals surface area contributed by atoms with Crippen LogP contribution in [0.5, 0.6) is 0 Å². The van der Waals surface area contributed by atoms with E-state index in [1.165, 1.54) is 0 Å². The second kappa shape index (κ2) is 26.5. The Kier molecular flexibility index (Phi) is 16.4. The molecule has 0 saturated heterocycles. The Morgan fingerprint density at radius 2 is 0.443 bits per heavy atom. The molecule has 15 aromatic rings. The fourth-order valence-corrected chi connectivity index (χ4v) is 12.8. The molecule has 2 aliphatic heterocycles. The molecular formula is C80H64N16Zn+8. The molecule has 458 valence electrons. The number of hydrogen-bond acceptors (Lipinski definition) is 6. The third-order valence-corrected chi connectivity index (χ3v) is 18.2. The molecule has 8 bridgehead atoms. The van der Waals surface area contributed by atoms with E-state index in [1.54, 1.807) is 0 Å². The molecule has 0 N–H and O–H groups in total. The standard InChI is InChI=1S/C80H64N16.Zn/c1-5-29-89(30-6-1)45-49-93-37-21-57(22-38-93)61-13-17-65-69(53-61)77-81-73(65)86-78-71-55-63(59-25-41-95(42-26-59)51-47-91-33-9-3-10-34-91)15-19-67(71)75(83-78)88-80-72-56-64(60-27-43-96(44-28-60)52-48-92-35-11-4-12-36-92)16-20-68(72)76(84-80)87-79-70-54-62(14-18-66(70)74(82-79)85-77)58-23-39-94(40-24-58)50-46-90-31-7-2-8-32-90;/h1-44,53-56H,45-52H2;/q+6;+2. The molecule has 0 fully saturated rings. The van der Waals surface area contributed by atoms with Crippen LogP contribution in [0.25, 0.3) is 134 Å². The summed E-state index contributed by atoms with van der Waals surface area (Å²) >= 11 is 0. The maximum absolute atomic E-state index is 5.46. The molecule has 4 aromatic carbocycles. The summed E-state index contributed by atoms with van der Waals surface area (Å²) in [4.78, 5) is 43.3. The summed E-state index contributed by atoms with van der Waals surface area (Å²) < 4.78 is 17.6. The van der Waals surface area contributed by atoms with Gasteiger partial charge < -0.3 is 29.9 Å². The maximum Gasteiger partial charge on any atom is 2.00 e. The molecule has 17 rings (SSSR count). The van der Waals surface area contributed by atoms with Gasteiger partial charge in [0.25, 0.3) is 0 Å². The van der Waals surface area contributed by atoms with Gasteiger partial charge in [-0.2, -0.15) is 36.5 Å². The van der Waals surface area contributed by atoms with Crippen LogP contribution in [-0.2, 0) is 71.8 Å². The molecule has 0 saturated carbocycles. The van der Waals surface area contributed by atoms with E-state index < -0.39 is 0 Å². The predicted octanol–water partition coefficient (Wildman–Crippen LogP) is 9.89. The van der Waals surface area contributed by atoms with Crippen LogP contribution in [0.3, 0.4) is 0 Å². The van der Waals surface area contributed by atoms with Gasteiger partial charge in [-0.25, -0.2) is 9.97 Å². The number of pyridine rings is 8. The van der Waals surface area contributed by atoms with Crippen molar-refractivity contribution in [2.75, 3.05) is 0 Å². The van der Waals surface area contributed by atoms with E-state index in [1.807, 2.05) is 24.3 Å². The average molecular weight is 1310 g/mol. The molecule has 0 amide bonds. The van der Waals surface area contributed by atoms with E-state index in [4.69, 9.17) is 39.9 Å². The van der Waals surface area contributed by atoms with Gasteiger partial charge >= 0.3 is 19.5 Å². The quantitative estimate of drug-likeness (QED) is 0.0689. The first-order valence-corrected chi connectivity index (χ1v) is 32.5. The Labute approximate surface area is 572 Å². The van der Waals surface area contributed by atoms with Crippen molar-refractivity contribution in [3.05, 3.63) is 293 Å². The first kappa shape index (κ1) is 60.0. The molecule has 2 aliphatic rings. The zero-order chi connectivity index (χ0) is 63.7. The second-order valence-electron chi connectivity index (χ2n) is 24.3. The summed E-state index contributed by atoms with van der Waals surface area (Å²) in [6, 6.07) is 67.7. The largest absolute Gasteiger partial charge is 2.00 e. The summed E-state index contributed by atoms with van der Waals surface area (Å²) in [7, 11) is 0. The van der Waals surface area contributed by atoms with E-state index >= 15 is 0 Å². The zero-order valence-electron chi connectivity index (χ0n) is 53.2. The number of benzene rings is 4. The van der Waals surface area contributed by atoms with Gasteiger partial charge in [0.15, 0.2) is 99.1 Å². The third kappa shape index (κ3) is 12.6. The van der Waals surface area contributed by atoms with Crippen LogP contribution in [-0.4, -0.2) is 29.9 Å². The van der Waals surface area contributed by atoms with Gasteiger partial charge in [0.1, 0.15) is 0 Å². The molecular weight excluding hydrogens is 1250 g/mol. The molecule has 11 aromatic heterocycles. The fourth-order valence-electron chi connectivity index (χ4n) is 12.8. The van der Waals surface area contributed by atoms with Crippen LogP contribution in [0, 0.1) is 0 Å². The minimum Gasteiger partial charge on any atom is -0.357 e. The van der Waals surface area contributed by atoms with Crippen LogP contribution in [0.4, 0.5) is 0 Å². The van der Waals surface area contributed by atoms with Crippen LogP contribution in [0.15, 0.2) is 293 Å². The molecule has 13 heterocycles. The summed E-state index contributed by atoms with van der Waals surface area (Å²) in [5, 5.41) is 3.31. The number of rotatable bonds is 16. The van der Waals surface area contributed by atoms with Crippen molar-refractivity contribution in [1.82, 2.24) is 39.9 Å². The van der Waals surface area contributed by atoms with Gasteiger partial charge in [-0.05, 0) is 90.3 Å². The Morgan fingerprint density at radius 1 is 0.206 bits per heavy atom. The number of aryl methyl sites for hydroxylation is 8. The molecule has 0 aliphatic carbocycles. The van der Waals surface area contributed by atoms with E-state index in [9.17, 15) is 0 Å². The van der Waals surface area contributed by atoms with E-state index in [0.717, 1.165) is 141 Å². The predicted molar refractivity (Wildman–Crippen MR) is 363 cm³/mol. The molecule has 97 heavy (non-hydrogen) atoms. The van der Waals surface area contributed by atoms with E-state index in [-0.39, 0.29) is 19.5 Å². The van der Waals surface area contributed by atoms with Crippen molar-refractivity contribution in [1.29, 1.82) is 0 Å². The van der Waals surface area contributed by atoms with Crippen molar-refractivity contribution in [3.8, 4) is 90.1 Å². The smallest absolute Gasteiger partial charge is 0.357 e. The van der Waals surface area contributed by atoms with E-state index in [0.29, 0.717) is 45.9 Å². The molecule has 0 spiro atoms. The SMILES string of the molecule is [Zn+2].c1cc[n+](CC[n+]2ccc(-c3ccc4c(c3)-c3nc-4nc4[n-]c(nc5nc(nc6[n-]c(n3)c3ccc(-c7cc[n+](CC[n+]8ccccc8)cc7)cc63)-c3ccc(-c6cc[n+](CC[n+]7ccccc7)cc6)cc3-5)c3ccc(-c5cc[n+](CC[n+]6ccccc6)cc5)cc43)cc2)cc1. The first-order chi connectivity index (χ1) is 47.5. The molecule has 17 heteroatoms. The monoisotopic (exact) mass is 1310 g/mol. The van der Waals surface area contributed by atoms with Crippen molar-refractivity contribution in [3.63, 3.8) is 0 Å². The number of aromatic nitrogens is 16. The van der Waals surface area contributed by atoms with E-state index in [2.05, 4.69) is 306 Å². The van der Waals surface area contributed by atoms with Crippen LogP contribution in [0.2, 0.25) is 0 Å². The summed E-state index contributed by atoms with van der Waals surface area (Å²) in [5.74, 6) is 1.94. The Balaban J connectivity index is 0.00000738. The van der Waals surface area contributed by atoms with Crippen molar-refractivity contribution >= 4 is 44.1 Å². The minimum atomic E-state index is 0. The average Bonchev–Trinajstić information content (AvgIpc) is 1.60. The van der Waals surface area contributed by atoms with Crippen LogP contribution in [0.1, 0.15) is 0 Å². The zero-order valence-corrected chi connectivity index (χ0v) is 56.2. The van der Waals surface area contributed by atoms with Gasteiger partial charge in [-0.3, -0.25) is 0 Å². The Morgan fingerprint density at radius 3 is 0.732 bits per heavy atom. The topological polar surface area (TPSA) is 137 Å². The Hall–Kier alpha value is -11.9. The first-order valence-electron chi connectivity index (χ1n) is 32.5. The molecule has 0 radical (unpaired) electrons. The van der Waals surface area contributed by atoms with Crippen LogP contribution < -0.4 is 46.5 Å². The second-order valence-corrected chi connectivity index (χ2v) is 24.3. The number of hydrogen-bond donors (Lipinski definition) is 0. The summed E-state index contributed by atoms with van der Waals surface area (Å²) in [6.07, 6.45) is 33.9. The van der Waals surface area contributed by atoms with Crippen molar-refractivity contribution < 1.29 is 56.0 Å². The number of fused-ring (bicyclic) bond motifs is 20.